The minimum absolute atomic E-state index is 0.0130. The van der Waals surface area contributed by atoms with Crippen LogP contribution in [0, 0.1) is 0 Å². The van der Waals surface area contributed by atoms with Crippen LogP contribution in [-0.2, 0) is 11.2 Å². The molecule has 0 saturated heterocycles. The van der Waals surface area contributed by atoms with Crippen molar-refractivity contribution in [2.45, 2.75) is 44.1 Å². The van der Waals surface area contributed by atoms with Crippen molar-refractivity contribution in [3.8, 4) is 0 Å². The van der Waals surface area contributed by atoms with Crippen molar-refractivity contribution < 1.29 is 14.7 Å². The fraction of sp³-hybridized carbons (Fsp3) is 0.529. The molecule has 1 heterocycles. The summed E-state index contributed by atoms with van der Waals surface area (Å²) in [5.74, 6) is -0.0341. The zero-order valence-corrected chi connectivity index (χ0v) is 12.9. The third-order valence-corrected chi connectivity index (χ3v) is 4.93. The van der Waals surface area contributed by atoms with E-state index in [0.717, 1.165) is 36.9 Å². The number of nitrogens with zero attached hydrogens (tertiary/aromatic N) is 1. The van der Waals surface area contributed by atoms with Crippen molar-refractivity contribution in [3.63, 3.8) is 0 Å². The summed E-state index contributed by atoms with van der Waals surface area (Å²) in [6.07, 6.45) is 4.89. The van der Waals surface area contributed by atoms with Gasteiger partial charge in [0.25, 0.3) is 5.91 Å². The molecule has 5 heteroatoms. The largest absolute Gasteiger partial charge is 0.394 e. The number of carbonyl (C=O) groups excluding carboxylic acids is 2. The monoisotopic (exact) mass is 302 g/mol. The van der Waals surface area contributed by atoms with E-state index in [9.17, 15) is 14.7 Å². The normalized spacial score (nSPS) is 19.9. The maximum Gasteiger partial charge on any atom is 0.251 e. The average Bonchev–Trinajstić information content (AvgIpc) is 2.99. The van der Waals surface area contributed by atoms with Crippen LogP contribution in [0.15, 0.2) is 18.2 Å². The van der Waals surface area contributed by atoms with Crippen molar-refractivity contribution in [2.24, 2.45) is 0 Å². The number of amides is 2. The number of carbonyl (C=O) groups is 2. The molecule has 1 aliphatic heterocycles. The first-order valence-electron chi connectivity index (χ1n) is 7.87. The van der Waals surface area contributed by atoms with E-state index in [-0.39, 0.29) is 18.4 Å². The standard InChI is InChI=1S/C17H22N2O3/c1-19-14-6-4-13(10-12(14)5-7-15(19)21)16(22)18-17(11-20)8-2-3-9-17/h4,6,10,20H,2-3,5,7-9,11H2,1H3,(H,18,22). The lowest BCUT2D eigenvalue weighted by Crippen LogP contribution is -2.49. The van der Waals surface area contributed by atoms with Gasteiger partial charge < -0.3 is 15.3 Å². The minimum atomic E-state index is -0.459. The van der Waals surface area contributed by atoms with Gasteiger partial charge >= 0.3 is 0 Å². The van der Waals surface area contributed by atoms with E-state index >= 15 is 0 Å². The second-order valence-electron chi connectivity index (χ2n) is 6.40. The van der Waals surface area contributed by atoms with Crippen LogP contribution in [0.2, 0.25) is 0 Å². The molecule has 2 amide bonds. The molecule has 0 unspecified atom stereocenters. The number of fused-ring (bicyclic) bond motifs is 1. The molecule has 2 N–H and O–H groups in total. The van der Waals surface area contributed by atoms with Gasteiger partial charge in [-0.05, 0) is 43.0 Å². The second-order valence-corrected chi connectivity index (χ2v) is 6.40. The molecule has 2 aliphatic rings. The lowest BCUT2D eigenvalue weighted by molar-refractivity contribution is -0.118. The Labute approximate surface area is 130 Å². The number of hydrogen-bond acceptors (Lipinski definition) is 3. The Morgan fingerprint density at radius 2 is 2.05 bits per heavy atom. The first kappa shape index (κ1) is 15.0. The summed E-state index contributed by atoms with van der Waals surface area (Å²) in [5.41, 5.74) is 2.05. The first-order chi connectivity index (χ1) is 10.5. The molecule has 1 aromatic rings. The highest BCUT2D eigenvalue weighted by atomic mass is 16.3. The summed E-state index contributed by atoms with van der Waals surface area (Å²) in [7, 11) is 1.76. The second kappa shape index (κ2) is 5.72. The van der Waals surface area contributed by atoms with Crippen LogP contribution in [-0.4, -0.2) is 36.1 Å². The smallest absolute Gasteiger partial charge is 0.251 e. The van der Waals surface area contributed by atoms with E-state index < -0.39 is 5.54 Å². The molecule has 5 nitrogen and oxygen atoms in total. The fourth-order valence-corrected chi connectivity index (χ4v) is 3.49. The maximum absolute atomic E-state index is 12.5. The topological polar surface area (TPSA) is 69.6 Å². The van der Waals surface area contributed by atoms with Crippen LogP contribution in [0.3, 0.4) is 0 Å². The average molecular weight is 302 g/mol. The highest BCUT2D eigenvalue weighted by Gasteiger charge is 2.35. The third-order valence-electron chi connectivity index (χ3n) is 4.93. The van der Waals surface area contributed by atoms with Crippen LogP contribution in [0.4, 0.5) is 5.69 Å². The molecule has 22 heavy (non-hydrogen) atoms. The molecular weight excluding hydrogens is 280 g/mol. The van der Waals surface area contributed by atoms with Gasteiger partial charge in [0.1, 0.15) is 0 Å². The van der Waals surface area contributed by atoms with Gasteiger partial charge in [0, 0.05) is 24.7 Å². The summed E-state index contributed by atoms with van der Waals surface area (Å²) in [6.45, 7) is -0.0130. The molecule has 1 saturated carbocycles. The highest BCUT2D eigenvalue weighted by Crippen LogP contribution is 2.31. The van der Waals surface area contributed by atoms with Crippen LogP contribution in [0.25, 0.3) is 0 Å². The Kier molecular flexibility index (Phi) is 3.91. The van der Waals surface area contributed by atoms with Gasteiger partial charge in [0.05, 0.1) is 12.1 Å². The zero-order valence-electron chi connectivity index (χ0n) is 12.9. The molecule has 0 radical (unpaired) electrons. The molecule has 1 fully saturated rings. The first-order valence-corrected chi connectivity index (χ1v) is 7.87. The van der Waals surface area contributed by atoms with E-state index in [1.165, 1.54) is 0 Å². The summed E-state index contributed by atoms with van der Waals surface area (Å²) in [6, 6.07) is 5.46. The molecule has 118 valence electrons. The van der Waals surface area contributed by atoms with Crippen molar-refractivity contribution in [3.05, 3.63) is 29.3 Å². The SMILES string of the molecule is CN1C(=O)CCc2cc(C(=O)NC3(CO)CCCC3)ccc21. The predicted molar refractivity (Wildman–Crippen MR) is 83.9 cm³/mol. The maximum atomic E-state index is 12.5. The molecule has 0 bridgehead atoms. The summed E-state index contributed by atoms with van der Waals surface area (Å²) in [4.78, 5) is 25.8. The highest BCUT2D eigenvalue weighted by molar-refractivity contribution is 5.99. The Morgan fingerprint density at radius 3 is 2.73 bits per heavy atom. The van der Waals surface area contributed by atoms with Gasteiger partial charge in [-0.15, -0.1) is 0 Å². The fourth-order valence-electron chi connectivity index (χ4n) is 3.49. The molecule has 1 aromatic carbocycles. The number of anilines is 1. The summed E-state index contributed by atoms with van der Waals surface area (Å²) >= 11 is 0. The number of aliphatic hydroxyl groups excluding tert-OH is 1. The summed E-state index contributed by atoms with van der Waals surface area (Å²) in [5, 5.41) is 12.6. The van der Waals surface area contributed by atoms with E-state index in [1.807, 2.05) is 12.1 Å². The lowest BCUT2D eigenvalue weighted by Gasteiger charge is -2.29. The van der Waals surface area contributed by atoms with Crippen LogP contribution in [0.5, 0.6) is 0 Å². The van der Waals surface area contributed by atoms with Gasteiger partial charge in [0.15, 0.2) is 0 Å². The lowest BCUT2D eigenvalue weighted by atomic mass is 9.96. The van der Waals surface area contributed by atoms with Gasteiger partial charge in [0.2, 0.25) is 5.91 Å². The van der Waals surface area contributed by atoms with Crippen LogP contribution in [0.1, 0.15) is 48.0 Å². The molecule has 3 rings (SSSR count). The van der Waals surface area contributed by atoms with Crippen molar-refractivity contribution in [2.75, 3.05) is 18.6 Å². The molecule has 0 spiro atoms. The molecule has 0 atom stereocenters. The Bertz CT molecular complexity index is 606. The van der Waals surface area contributed by atoms with Crippen LogP contribution < -0.4 is 10.2 Å². The number of nitrogens with one attached hydrogen (secondary N) is 1. The van der Waals surface area contributed by atoms with E-state index in [4.69, 9.17) is 0 Å². The molecule has 0 aromatic heterocycles. The number of rotatable bonds is 3. The number of aryl methyl sites for hydroxylation is 1. The Hall–Kier alpha value is -1.88. The van der Waals surface area contributed by atoms with Crippen LogP contribution >= 0.6 is 0 Å². The van der Waals surface area contributed by atoms with E-state index in [0.29, 0.717) is 18.4 Å². The Balaban J connectivity index is 1.81. The summed E-state index contributed by atoms with van der Waals surface area (Å²) < 4.78 is 0. The van der Waals surface area contributed by atoms with Gasteiger partial charge in [-0.1, -0.05) is 12.8 Å². The minimum Gasteiger partial charge on any atom is -0.394 e. The van der Waals surface area contributed by atoms with Gasteiger partial charge in [-0.2, -0.15) is 0 Å². The van der Waals surface area contributed by atoms with Crippen molar-refractivity contribution in [1.29, 1.82) is 0 Å². The molecular formula is C17H22N2O3. The quantitative estimate of drug-likeness (QED) is 0.891. The van der Waals surface area contributed by atoms with E-state index in [1.54, 1.807) is 18.0 Å². The van der Waals surface area contributed by atoms with Crippen molar-refractivity contribution >= 4 is 17.5 Å². The number of aliphatic hydroxyl groups is 1. The van der Waals surface area contributed by atoms with Gasteiger partial charge in [-0.3, -0.25) is 9.59 Å². The number of hydrogen-bond donors (Lipinski definition) is 2. The molecule has 1 aliphatic carbocycles. The predicted octanol–water partition coefficient (Wildman–Crippen LogP) is 1.63. The number of benzene rings is 1. The van der Waals surface area contributed by atoms with Crippen molar-refractivity contribution in [1.82, 2.24) is 5.32 Å². The van der Waals surface area contributed by atoms with Gasteiger partial charge in [-0.25, -0.2) is 0 Å². The third kappa shape index (κ3) is 2.61. The van der Waals surface area contributed by atoms with E-state index in [2.05, 4.69) is 5.32 Å². The zero-order chi connectivity index (χ0) is 15.7. The Morgan fingerprint density at radius 1 is 1.32 bits per heavy atom.